The summed E-state index contributed by atoms with van der Waals surface area (Å²) in [5, 5.41) is 13.0. The lowest BCUT2D eigenvalue weighted by Crippen LogP contribution is -2.48. The summed E-state index contributed by atoms with van der Waals surface area (Å²) in [4.78, 5) is 25.3. The average Bonchev–Trinajstić information content (AvgIpc) is 3.40. The zero-order chi connectivity index (χ0) is 22.6. The third kappa shape index (κ3) is 5.62. The fourth-order valence-corrected chi connectivity index (χ4v) is 4.99. The van der Waals surface area contributed by atoms with E-state index in [4.69, 9.17) is 4.74 Å². The van der Waals surface area contributed by atoms with Gasteiger partial charge < -0.3 is 14.7 Å². The van der Waals surface area contributed by atoms with Gasteiger partial charge in [-0.05, 0) is 51.7 Å². The number of carboxylic acids is 1. The zero-order valence-electron chi connectivity index (χ0n) is 16.5. The highest BCUT2D eigenvalue weighted by Gasteiger charge is 2.49. The molecular formula is C21H20F3NO4S2. The minimum Gasteiger partial charge on any atom is -0.497 e. The number of thioether (sulfide) groups is 1. The molecule has 1 N–H and O–H groups in total. The molecule has 0 fully saturated rings. The van der Waals surface area contributed by atoms with Crippen LogP contribution in [0.1, 0.15) is 11.1 Å². The number of nitrogens with zero attached hydrogens (tertiary/aromatic N) is 1. The standard InChI is InChI=1S/C21H20F3NO4S2/c1-29-16-4-2-13(3-5-16)10-31-12-17(21(22,23)24)19(26)25-9-15(8-18(25)20(27)28)14-6-7-30-11-14/h2-8,11,17-18H,9-10,12H2,1H3,(H,27,28)/t17-,18?/m0/s1. The average molecular weight is 472 g/mol. The maximum absolute atomic E-state index is 13.7. The molecule has 1 unspecified atom stereocenters. The van der Waals surface area contributed by atoms with E-state index in [0.717, 1.165) is 22.2 Å². The quantitative estimate of drug-likeness (QED) is 0.612. The summed E-state index contributed by atoms with van der Waals surface area (Å²) < 4.78 is 46.2. The first-order chi connectivity index (χ1) is 14.7. The number of carbonyl (C=O) groups is 2. The summed E-state index contributed by atoms with van der Waals surface area (Å²) in [7, 11) is 1.52. The molecule has 2 aromatic rings. The second-order valence-corrected chi connectivity index (χ2v) is 8.72. The molecule has 1 aliphatic rings. The Labute approximate surface area is 185 Å². The zero-order valence-corrected chi connectivity index (χ0v) is 18.1. The normalized spacial score (nSPS) is 17.4. The van der Waals surface area contributed by atoms with Gasteiger partial charge in [0.25, 0.3) is 0 Å². The number of amides is 1. The van der Waals surface area contributed by atoms with Gasteiger partial charge in [-0.25, -0.2) is 4.79 Å². The molecule has 0 bridgehead atoms. The summed E-state index contributed by atoms with van der Waals surface area (Å²) in [5.74, 6) is -4.43. The van der Waals surface area contributed by atoms with Crippen LogP contribution in [0.15, 0.2) is 47.2 Å². The Morgan fingerprint density at radius 2 is 2.00 bits per heavy atom. The number of benzene rings is 1. The lowest BCUT2D eigenvalue weighted by molar-refractivity contribution is -0.186. The molecule has 1 amide bonds. The number of thiophene rings is 1. The van der Waals surface area contributed by atoms with E-state index in [9.17, 15) is 27.9 Å². The van der Waals surface area contributed by atoms with Crippen LogP contribution in [-0.2, 0) is 15.3 Å². The number of hydrogen-bond acceptors (Lipinski definition) is 5. The Bertz CT molecular complexity index is 943. The molecule has 0 saturated heterocycles. The molecule has 10 heteroatoms. The fourth-order valence-electron chi connectivity index (χ4n) is 3.19. The van der Waals surface area contributed by atoms with Gasteiger partial charge in [0, 0.05) is 18.1 Å². The fraction of sp³-hybridized carbons (Fsp3) is 0.333. The first kappa shape index (κ1) is 23.2. The van der Waals surface area contributed by atoms with Crippen molar-refractivity contribution in [2.45, 2.75) is 18.0 Å². The molecule has 31 heavy (non-hydrogen) atoms. The highest BCUT2D eigenvalue weighted by Crippen LogP contribution is 2.35. The number of halogens is 3. The number of ether oxygens (including phenoxy) is 1. The SMILES string of the molecule is COc1ccc(CSC[C@@H](C(=O)N2CC(c3ccsc3)=CC2C(=O)O)C(F)(F)F)cc1. The molecule has 5 nitrogen and oxygen atoms in total. The predicted molar refractivity (Wildman–Crippen MR) is 114 cm³/mol. The van der Waals surface area contributed by atoms with E-state index >= 15 is 0 Å². The Hall–Kier alpha value is -2.46. The van der Waals surface area contributed by atoms with E-state index in [1.54, 1.807) is 41.1 Å². The van der Waals surface area contributed by atoms with E-state index in [0.29, 0.717) is 16.9 Å². The largest absolute Gasteiger partial charge is 0.497 e. The molecule has 166 valence electrons. The Kier molecular flexibility index (Phi) is 7.32. The maximum Gasteiger partial charge on any atom is 0.401 e. The number of rotatable bonds is 8. The van der Waals surface area contributed by atoms with E-state index in [-0.39, 0.29) is 12.3 Å². The van der Waals surface area contributed by atoms with Gasteiger partial charge in [0.15, 0.2) is 0 Å². The number of carboxylic acid groups (broad SMARTS) is 1. The Balaban J connectivity index is 1.70. The van der Waals surface area contributed by atoms with Crippen molar-refractivity contribution in [2.24, 2.45) is 5.92 Å². The second-order valence-electron chi connectivity index (χ2n) is 6.91. The lowest BCUT2D eigenvalue weighted by atomic mass is 10.1. The molecule has 0 radical (unpaired) electrons. The van der Waals surface area contributed by atoms with Crippen LogP contribution in [0, 0.1) is 5.92 Å². The monoisotopic (exact) mass is 471 g/mol. The van der Waals surface area contributed by atoms with Crippen LogP contribution < -0.4 is 4.74 Å². The molecule has 0 spiro atoms. The number of hydrogen-bond donors (Lipinski definition) is 1. The Morgan fingerprint density at radius 1 is 1.29 bits per heavy atom. The second kappa shape index (κ2) is 9.78. The number of carbonyl (C=O) groups excluding carboxylic acids is 1. The number of alkyl halides is 3. The van der Waals surface area contributed by atoms with Crippen molar-refractivity contribution in [2.75, 3.05) is 19.4 Å². The van der Waals surface area contributed by atoms with Crippen molar-refractivity contribution in [1.29, 1.82) is 0 Å². The van der Waals surface area contributed by atoms with Crippen molar-refractivity contribution in [1.82, 2.24) is 4.90 Å². The smallest absolute Gasteiger partial charge is 0.401 e. The summed E-state index contributed by atoms with van der Waals surface area (Å²) >= 11 is 2.36. The van der Waals surface area contributed by atoms with Crippen molar-refractivity contribution in [3.8, 4) is 5.75 Å². The van der Waals surface area contributed by atoms with Crippen LogP contribution in [0.4, 0.5) is 13.2 Å². The van der Waals surface area contributed by atoms with Gasteiger partial charge >= 0.3 is 12.1 Å². The van der Waals surface area contributed by atoms with Gasteiger partial charge in [0.1, 0.15) is 17.7 Å². The van der Waals surface area contributed by atoms with Crippen molar-refractivity contribution in [3.05, 3.63) is 58.3 Å². The van der Waals surface area contributed by atoms with Crippen LogP contribution in [0.5, 0.6) is 5.75 Å². The highest BCUT2D eigenvalue weighted by molar-refractivity contribution is 7.98. The number of methoxy groups -OCH3 is 1. The maximum atomic E-state index is 13.7. The van der Waals surface area contributed by atoms with Crippen molar-refractivity contribution >= 4 is 40.5 Å². The molecule has 2 heterocycles. The molecule has 3 rings (SSSR count). The first-order valence-corrected chi connectivity index (χ1v) is 11.3. The van der Waals surface area contributed by atoms with Crippen molar-refractivity contribution < 1.29 is 32.6 Å². The topological polar surface area (TPSA) is 66.8 Å². The van der Waals surface area contributed by atoms with E-state index in [1.807, 2.05) is 0 Å². The van der Waals surface area contributed by atoms with Gasteiger partial charge in [-0.1, -0.05) is 12.1 Å². The third-order valence-corrected chi connectivity index (χ3v) is 6.66. The van der Waals surface area contributed by atoms with E-state index < -0.39 is 35.8 Å². The van der Waals surface area contributed by atoms with Gasteiger partial charge in [-0.2, -0.15) is 36.3 Å². The van der Waals surface area contributed by atoms with Crippen LogP contribution in [0.2, 0.25) is 0 Å². The highest BCUT2D eigenvalue weighted by atomic mass is 32.2. The molecule has 1 aromatic carbocycles. The van der Waals surface area contributed by atoms with E-state index in [2.05, 4.69) is 0 Å². The minimum atomic E-state index is -4.78. The van der Waals surface area contributed by atoms with Crippen LogP contribution >= 0.6 is 23.1 Å². The minimum absolute atomic E-state index is 0.164. The van der Waals surface area contributed by atoms with Gasteiger partial charge in [0.05, 0.1) is 7.11 Å². The van der Waals surface area contributed by atoms with E-state index in [1.165, 1.54) is 24.5 Å². The van der Waals surface area contributed by atoms with Gasteiger partial charge in [0.2, 0.25) is 5.91 Å². The molecule has 0 saturated carbocycles. The van der Waals surface area contributed by atoms with Gasteiger partial charge in [-0.15, -0.1) is 0 Å². The van der Waals surface area contributed by atoms with Crippen LogP contribution in [0.25, 0.3) is 5.57 Å². The molecular weight excluding hydrogens is 451 g/mol. The van der Waals surface area contributed by atoms with Crippen LogP contribution in [-0.4, -0.2) is 53.5 Å². The Morgan fingerprint density at radius 3 is 2.55 bits per heavy atom. The third-order valence-electron chi connectivity index (χ3n) is 4.87. The molecule has 1 aromatic heterocycles. The predicted octanol–water partition coefficient (Wildman–Crippen LogP) is 4.55. The number of aliphatic carboxylic acids is 1. The lowest BCUT2D eigenvalue weighted by Gasteiger charge is -2.28. The van der Waals surface area contributed by atoms with Gasteiger partial charge in [-0.3, -0.25) is 4.79 Å². The summed E-state index contributed by atoms with van der Waals surface area (Å²) in [6, 6.07) is 7.24. The molecule has 1 aliphatic heterocycles. The first-order valence-electron chi connectivity index (χ1n) is 9.24. The summed E-state index contributed by atoms with van der Waals surface area (Å²) in [6.45, 7) is -0.164. The van der Waals surface area contributed by atoms with Crippen molar-refractivity contribution in [3.63, 3.8) is 0 Å². The molecule has 2 atom stereocenters. The summed E-state index contributed by atoms with van der Waals surface area (Å²) in [5.41, 5.74) is 2.04. The van der Waals surface area contributed by atoms with Crippen LogP contribution in [0.3, 0.4) is 0 Å². The molecule has 0 aliphatic carbocycles. The summed E-state index contributed by atoms with van der Waals surface area (Å²) in [6.07, 6.45) is -3.43.